The smallest absolute Gasteiger partial charge is 0.406 e. The molecule has 1 aromatic carbocycles. The van der Waals surface area contributed by atoms with Gasteiger partial charge in [-0.05, 0) is 54.9 Å². The van der Waals surface area contributed by atoms with E-state index in [0.717, 1.165) is 18.2 Å². The van der Waals surface area contributed by atoms with E-state index in [1.165, 1.54) is 25.0 Å². The SMILES string of the molecule is FC(F)(F)Oc1ccc(NCC2CC3C=CC2C3)cc1. The predicted octanol–water partition coefficient (Wildman–Crippen LogP) is 4.21. The van der Waals surface area contributed by atoms with Crippen molar-refractivity contribution in [3.63, 3.8) is 0 Å². The topological polar surface area (TPSA) is 21.3 Å². The lowest BCUT2D eigenvalue weighted by molar-refractivity contribution is -0.274. The van der Waals surface area contributed by atoms with Gasteiger partial charge in [-0.2, -0.15) is 0 Å². The van der Waals surface area contributed by atoms with Crippen molar-refractivity contribution in [2.24, 2.45) is 17.8 Å². The summed E-state index contributed by atoms with van der Waals surface area (Å²) >= 11 is 0. The Hall–Kier alpha value is -1.65. The maximum absolute atomic E-state index is 12.0. The summed E-state index contributed by atoms with van der Waals surface area (Å²) in [7, 11) is 0. The zero-order chi connectivity index (χ0) is 14.2. The number of anilines is 1. The molecule has 2 bridgehead atoms. The van der Waals surface area contributed by atoms with Crippen molar-refractivity contribution in [2.75, 3.05) is 11.9 Å². The minimum Gasteiger partial charge on any atom is -0.406 e. The van der Waals surface area contributed by atoms with Gasteiger partial charge in [0.25, 0.3) is 0 Å². The number of fused-ring (bicyclic) bond motifs is 2. The normalized spacial score (nSPS) is 27.9. The molecule has 0 heterocycles. The third-order valence-corrected chi connectivity index (χ3v) is 4.07. The fourth-order valence-electron chi connectivity index (χ4n) is 3.15. The van der Waals surface area contributed by atoms with Crippen LogP contribution in [0.5, 0.6) is 5.75 Å². The van der Waals surface area contributed by atoms with E-state index in [0.29, 0.717) is 11.8 Å². The largest absolute Gasteiger partial charge is 0.573 e. The van der Waals surface area contributed by atoms with E-state index in [1.54, 1.807) is 12.1 Å². The van der Waals surface area contributed by atoms with Crippen LogP contribution in [0, 0.1) is 17.8 Å². The minimum atomic E-state index is -4.63. The zero-order valence-electron chi connectivity index (χ0n) is 10.9. The van der Waals surface area contributed by atoms with Gasteiger partial charge in [-0.3, -0.25) is 0 Å². The molecule has 0 aliphatic heterocycles. The summed E-state index contributed by atoms with van der Waals surface area (Å²) in [5, 5.41) is 3.29. The number of hydrogen-bond donors (Lipinski definition) is 1. The van der Waals surface area contributed by atoms with E-state index >= 15 is 0 Å². The first kappa shape index (κ1) is 13.3. The Balaban J connectivity index is 1.52. The third-order valence-electron chi connectivity index (χ3n) is 4.07. The summed E-state index contributed by atoms with van der Waals surface area (Å²) in [6.45, 7) is 0.866. The molecule has 0 spiro atoms. The standard InChI is InChI=1S/C15H16F3NO/c16-15(17,18)20-14-5-3-13(4-6-14)19-9-12-8-10-1-2-11(12)7-10/h1-6,10-12,19H,7-9H2. The van der Waals surface area contributed by atoms with Crippen LogP contribution in [0.1, 0.15) is 12.8 Å². The van der Waals surface area contributed by atoms with Crippen LogP contribution in [0.3, 0.4) is 0 Å². The molecule has 0 radical (unpaired) electrons. The van der Waals surface area contributed by atoms with Gasteiger partial charge in [0.05, 0.1) is 0 Å². The van der Waals surface area contributed by atoms with Crippen LogP contribution in [-0.2, 0) is 0 Å². The summed E-state index contributed by atoms with van der Waals surface area (Å²) < 4.78 is 39.9. The van der Waals surface area contributed by atoms with Crippen LogP contribution in [0.25, 0.3) is 0 Å². The van der Waals surface area contributed by atoms with Gasteiger partial charge in [0.15, 0.2) is 0 Å². The van der Waals surface area contributed by atoms with Gasteiger partial charge in [-0.15, -0.1) is 13.2 Å². The molecule has 1 saturated carbocycles. The van der Waals surface area contributed by atoms with E-state index in [2.05, 4.69) is 22.2 Å². The molecule has 0 saturated heterocycles. The number of halogens is 3. The lowest BCUT2D eigenvalue weighted by atomic mass is 9.93. The first-order chi connectivity index (χ1) is 9.49. The molecule has 20 heavy (non-hydrogen) atoms. The van der Waals surface area contributed by atoms with Gasteiger partial charge in [0, 0.05) is 12.2 Å². The Morgan fingerprint density at radius 2 is 1.85 bits per heavy atom. The summed E-state index contributed by atoms with van der Waals surface area (Å²) in [5.41, 5.74) is 0.825. The summed E-state index contributed by atoms with van der Waals surface area (Å²) in [4.78, 5) is 0. The summed E-state index contributed by atoms with van der Waals surface area (Å²) in [6.07, 6.45) is 2.42. The first-order valence-corrected chi connectivity index (χ1v) is 6.77. The lowest BCUT2D eigenvalue weighted by Gasteiger charge is -2.19. The second kappa shape index (κ2) is 5.04. The first-order valence-electron chi connectivity index (χ1n) is 6.77. The second-order valence-corrected chi connectivity index (χ2v) is 5.49. The molecule has 2 nitrogen and oxygen atoms in total. The number of nitrogens with one attached hydrogen (secondary N) is 1. The quantitative estimate of drug-likeness (QED) is 0.836. The van der Waals surface area contributed by atoms with Gasteiger partial charge in [0.1, 0.15) is 5.75 Å². The highest BCUT2D eigenvalue weighted by Crippen LogP contribution is 2.43. The Bertz CT molecular complexity index is 495. The van der Waals surface area contributed by atoms with Crippen molar-refractivity contribution in [3.05, 3.63) is 36.4 Å². The van der Waals surface area contributed by atoms with E-state index in [1.807, 2.05) is 0 Å². The highest BCUT2D eigenvalue weighted by molar-refractivity contribution is 5.46. The molecule has 108 valence electrons. The molecule has 5 heteroatoms. The van der Waals surface area contributed by atoms with Crippen molar-refractivity contribution in [1.82, 2.24) is 0 Å². The average molecular weight is 283 g/mol. The van der Waals surface area contributed by atoms with Crippen molar-refractivity contribution >= 4 is 5.69 Å². The molecule has 3 rings (SSSR count). The van der Waals surface area contributed by atoms with Gasteiger partial charge in [-0.25, -0.2) is 0 Å². The Kier molecular flexibility index (Phi) is 3.36. The van der Waals surface area contributed by atoms with Crippen molar-refractivity contribution in [2.45, 2.75) is 19.2 Å². The number of alkyl halides is 3. The van der Waals surface area contributed by atoms with Gasteiger partial charge in [-0.1, -0.05) is 12.2 Å². The maximum atomic E-state index is 12.0. The number of hydrogen-bond acceptors (Lipinski definition) is 2. The van der Waals surface area contributed by atoms with Crippen LogP contribution in [0.15, 0.2) is 36.4 Å². The fraction of sp³-hybridized carbons (Fsp3) is 0.467. The van der Waals surface area contributed by atoms with Gasteiger partial charge < -0.3 is 10.1 Å². The van der Waals surface area contributed by atoms with E-state index in [9.17, 15) is 13.2 Å². The monoisotopic (exact) mass is 283 g/mol. The molecule has 0 amide bonds. The van der Waals surface area contributed by atoms with E-state index < -0.39 is 6.36 Å². The number of rotatable bonds is 4. The molecule has 1 N–H and O–H groups in total. The lowest BCUT2D eigenvalue weighted by Crippen LogP contribution is -2.18. The Morgan fingerprint density at radius 1 is 1.10 bits per heavy atom. The van der Waals surface area contributed by atoms with Crippen LogP contribution in [0.4, 0.5) is 18.9 Å². The summed E-state index contributed by atoms with van der Waals surface area (Å²) in [6, 6.07) is 5.89. The molecule has 3 atom stereocenters. The Morgan fingerprint density at radius 3 is 2.40 bits per heavy atom. The van der Waals surface area contributed by atoms with Gasteiger partial charge >= 0.3 is 6.36 Å². The molecule has 2 aliphatic carbocycles. The third kappa shape index (κ3) is 3.08. The van der Waals surface area contributed by atoms with E-state index in [-0.39, 0.29) is 5.75 Å². The molecular formula is C15H16F3NO. The molecule has 0 aromatic heterocycles. The van der Waals surface area contributed by atoms with Crippen molar-refractivity contribution < 1.29 is 17.9 Å². The van der Waals surface area contributed by atoms with Gasteiger partial charge in [0.2, 0.25) is 0 Å². The van der Waals surface area contributed by atoms with E-state index in [4.69, 9.17) is 0 Å². The average Bonchev–Trinajstić information content (AvgIpc) is 2.98. The van der Waals surface area contributed by atoms with Crippen LogP contribution in [-0.4, -0.2) is 12.9 Å². The zero-order valence-corrected chi connectivity index (χ0v) is 10.9. The van der Waals surface area contributed by atoms with Crippen molar-refractivity contribution in [3.8, 4) is 5.75 Å². The molecule has 1 aromatic rings. The molecular weight excluding hydrogens is 267 g/mol. The number of benzene rings is 1. The summed E-state index contributed by atoms with van der Waals surface area (Å²) in [5.74, 6) is 1.84. The molecule has 2 aliphatic rings. The van der Waals surface area contributed by atoms with Crippen molar-refractivity contribution in [1.29, 1.82) is 0 Å². The number of allylic oxidation sites excluding steroid dienone is 2. The molecule has 3 unspecified atom stereocenters. The molecule has 1 fully saturated rings. The fourth-order valence-corrected chi connectivity index (χ4v) is 3.15. The van der Waals surface area contributed by atoms with Crippen LogP contribution < -0.4 is 10.1 Å². The van der Waals surface area contributed by atoms with Crippen LogP contribution >= 0.6 is 0 Å². The highest BCUT2D eigenvalue weighted by Gasteiger charge is 2.35. The Labute approximate surface area is 115 Å². The maximum Gasteiger partial charge on any atom is 0.573 e. The minimum absolute atomic E-state index is 0.189. The second-order valence-electron chi connectivity index (χ2n) is 5.49. The number of ether oxygens (including phenoxy) is 1. The van der Waals surface area contributed by atoms with Crippen LogP contribution in [0.2, 0.25) is 0 Å². The predicted molar refractivity (Wildman–Crippen MR) is 70.5 cm³/mol. The highest BCUT2D eigenvalue weighted by atomic mass is 19.4.